The Bertz CT molecular complexity index is 2170. The Hall–Kier alpha value is -5.84. The largest absolute Gasteiger partial charge is 0.586 e. The van der Waals surface area contributed by atoms with Gasteiger partial charge in [0.1, 0.15) is 5.56 Å². The Balaban J connectivity index is 1.26. The van der Waals surface area contributed by atoms with E-state index in [1.165, 1.54) is 27.7 Å². The molecule has 3 aromatic heterocycles. The topological polar surface area (TPSA) is 173 Å². The van der Waals surface area contributed by atoms with Gasteiger partial charge in [-0.1, -0.05) is 30.0 Å². The Morgan fingerprint density at radius 2 is 1.77 bits per heavy atom. The van der Waals surface area contributed by atoms with Crippen molar-refractivity contribution in [3.63, 3.8) is 0 Å². The maximum absolute atomic E-state index is 13.9. The summed E-state index contributed by atoms with van der Waals surface area (Å²) < 4.78 is 39.8. The number of nitrogens with zero attached hydrogens (tertiary/aromatic N) is 5. The van der Waals surface area contributed by atoms with Gasteiger partial charge in [-0.3, -0.25) is 19.4 Å². The minimum absolute atomic E-state index is 0.000778. The maximum Gasteiger partial charge on any atom is 0.586 e. The van der Waals surface area contributed by atoms with Crippen molar-refractivity contribution in [3.8, 4) is 11.5 Å². The lowest BCUT2D eigenvalue weighted by Crippen LogP contribution is -2.31. The van der Waals surface area contributed by atoms with E-state index >= 15 is 0 Å². The molecule has 2 aromatic carbocycles. The molecule has 6 rings (SSSR count). The smallest absolute Gasteiger partial charge is 0.395 e. The van der Waals surface area contributed by atoms with Gasteiger partial charge in [0.25, 0.3) is 11.8 Å². The highest BCUT2D eigenvalue weighted by molar-refractivity contribution is 7.99. The summed E-state index contributed by atoms with van der Waals surface area (Å²) in [5, 5.41) is 17.0. The number of nitro groups is 1. The lowest BCUT2D eigenvalue weighted by atomic mass is 10.1. The first-order valence-electron chi connectivity index (χ1n) is 14.3. The zero-order chi connectivity index (χ0) is 34.2. The molecule has 48 heavy (non-hydrogen) atoms. The number of alkyl halides is 2. The molecule has 0 spiro atoms. The molecule has 1 aliphatic heterocycles. The molecule has 0 saturated heterocycles. The van der Waals surface area contributed by atoms with E-state index in [0.29, 0.717) is 10.6 Å². The molecular formula is C31H25F2N7O7S. The second kappa shape index (κ2) is 12.7. The first kappa shape index (κ1) is 32.1. The zero-order valence-corrected chi connectivity index (χ0v) is 26.0. The van der Waals surface area contributed by atoms with Crippen molar-refractivity contribution in [1.82, 2.24) is 29.7 Å². The molecule has 0 fully saturated rings. The van der Waals surface area contributed by atoms with E-state index in [9.17, 15) is 33.3 Å². The number of carbonyl (C=O) groups excluding carboxylic acids is 2. The van der Waals surface area contributed by atoms with Crippen molar-refractivity contribution in [2.24, 2.45) is 7.05 Å². The van der Waals surface area contributed by atoms with Gasteiger partial charge in [0.15, 0.2) is 16.5 Å². The average molecular weight is 678 g/mol. The predicted octanol–water partition coefficient (Wildman–Crippen LogP) is 4.18. The van der Waals surface area contributed by atoms with E-state index in [4.69, 9.17) is 0 Å². The fourth-order valence-electron chi connectivity index (χ4n) is 5.03. The number of halogens is 2. The molecule has 17 heteroatoms. The van der Waals surface area contributed by atoms with E-state index in [0.717, 1.165) is 23.5 Å². The average Bonchev–Trinajstić information content (AvgIpc) is 3.56. The quantitative estimate of drug-likeness (QED) is 0.161. The number of amides is 2. The number of nitrogens with one attached hydrogen (secondary N) is 2. The minimum atomic E-state index is -3.94. The molecule has 4 heterocycles. The van der Waals surface area contributed by atoms with E-state index in [1.54, 1.807) is 56.4 Å². The zero-order valence-electron chi connectivity index (χ0n) is 25.2. The van der Waals surface area contributed by atoms with E-state index in [2.05, 4.69) is 30.1 Å². The number of pyridine rings is 2. The van der Waals surface area contributed by atoms with Crippen LogP contribution in [0, 0.1) is 17.0 Å². The number of aromatic nitrogens is 4. The first-order valence-corrected chi connectivity index (χ1v) is 15.1. The number of rotatable bonds is 10. The summed E-state index contributed by atoms with van der Waals surface area (Å²) in [6, 6.07) is 14.1. The highest BCUT2D eigenvalue weighted by Crippen LogP contribution is 2.43. The normalized spacial score (nSPS) is 13.0. The molecular weight excluding hydrogens is 652 g/mol. The summed E-state index contributed by atoms with van der Waals surface area (Å²) in [5.74, 6) is -2.25. The van der Waals surface area contributed by atoms with Gasteiger partial charge in [0, 0.05) is 43.0 Å². The lowest BCUT2D eigenvalue weighted by Gasteiger charge is -2.15. The number of carbonyl (C=O) groups is 2. The molecule has 5 aromatic rings. The van der Waals surface area contributed by atoms with Crippen molar-refractivity contribution in [1.29, 1.82) is 0 Å². The Morgan fingerprint density at radius 3 is 2.52 bits per heavy atom. The number of fused-ring (bicyclic) bond motifs is 2. The Labute approximate surface area is 273 Å². The highest BCUT2D eigenvalue weighted by Gasteiger charge is 2.44. The van der Waals surface area contributed by atoms with Gasteiger partial charge < -0.3 is 39.4 Å². The fraction of sp³-hybridized carbons (Fsp3) is 0.194. The van der Waals surface area contributed by atoms with Gasteiger partial charge >= 0.3 is 12.1 Å². The van der Waals surface area contributed by atoms with Crippen LogP contribution in [0.4, 0.5) is 14.6 Å². The van der Waals surface area contributed by atoms with Crippen LogP contribution in [0.3, 0.4) is 0 Å². The van der Waals surface area contributed by atoms with Crippen LogP contribution in [-0.4, -0.2) is 48.7 Å². The van der Waals surface area contributed by atoms with E-state index < -0.39 is 28.5 Å². The molecule has 1 aliphatic rings. The van der Waals surface area contributed by atoms with Gasteiger partial charge in [-0.2, -0.15) is 0 Å². The maximum atomic E-state index is 13.9. The molecule has 0 bridgehead atoms. The van der Waals surface area contributed by atoms with Crippen LogP contribution in [0.25, 0.3) is 10.9 Å². The summed E-state index contributed by atoms with van der Waals surface area (Å²) in [7, 11) is 1.60. The molecule has 0 radical (unpaired) electrons. The van der Waals surface area contributed by atoms with Gasteiger partial charge in [-0.25, -0.2) is 0 Å². The van der Waals surface area contributed by atoms with Crippen molar-refractivity contribution >= 4 is 40.3 Å². The third-order valence-electron chi connectivity index (χ3n) is 7.24. The number of ether oxygens (including phenoxy) is 2. The molecule has 0 saturated carbocycles. The molecule has 0 aliphatic carbocycles. The third kappa shape index (κ3) is 6.52. The standard InChI is InChI=1S/C31H25F2N7O7S/c1-17-6-5-7-18(37-17)14-35-29(43)21-15-39(22-13-24-23(12-20(22)26(21)41)46-31(32,33)47-24)11-10-34-28(42)19-8-3-4-9-25(19)48-30-27(40(44)45)36-16-38(30)2/h3-9,12-13,15-16H,10-11,14H2,1-2H3,(H,34,42)(H,35,43). The Morgan fingerprint density at radius 1 is 1.04 bits per heavy atom. The van der Waals surface area contributed by atoms with Gasteiger partial charge in [0.05, 0.1) is 28.7 Å². The minimum Gasteiger partial charge on any atom is -0.395 e. The van der Waals surface area contributed by atoms with Crippen LogP contribution in [0.5, 0.6) is 11.5 Å². The predicted molar refractivity (Wildman–Crippen MR) is 167 cm³/mol. The first-order chi connectivity index (χ1) is 22.9. The van der Waals surface area contributed by atoms with Gasteiger partial charge in [-0.05, 0) is 47.2 Å². The number of imidazole rings is 1. The highest BCUT2D eigenvalue weighted by atomic mass is 32.2. The van der Waals surface area contributed by atoms with Crippen molar-refractivity contribution in [2.45, 2.75) is 36.2 Å². The fourth-order valence-corrected chi connectivity index (χ4v) is 6.06. The van der Waals surface area contributed by atoms with Crippen LogP contribution in [0.15, 0.2) is 81.8 Å². The lowest BCUT2D eigenvalue weighted by molar-refractivity contribution is -0.392. The molecule has 2 N–H and O–H groups in total. The molecule has 14 nitrogen and oxygen atoms in total. The molecule has 246 valence electrons. The van der Waals surface area contributed by atoms with E-state index in [1.807, 2.05) is 0 Å². The van der Waals surface area contributed by atoms with E-state index in [-0.39, 0.29) is 64.0 Å². The summed E-state index contributed by atoms with van der Waals surface area (Å²) in [5.41, 5.74) is 0.700. The summed E-state index contributed by atoms with van der Waals surface area (Å²) in [4.78, 5) is 59.4. The van der Waals surface area contributed by atoms with Crippen LogP contribution >= 0.6 is 11.8 Å². The molecule has 0 unspecified atom stereocenters. The van der Waals surface area contributed by atoms with Crippen LogP contribution in [0.2, 0.25) is 0 Å². The van der Waals surface area contributed by atoms with Crippen LogP contribution in [0.1, 0.15) is 32.1 Å². The SMILES string of the molecule is Cc1cccc(CNC(=O)c2cn(CCNC(=O)c3ccccc3Sc3c([N+](=O)[O-])ncn3C)c3cc4c(cc3c2=O)OC(F)(F)O4)n1. The number of aryl methyl sites for hydroxylation is 2. The van der Waals surface area contributed by atoms with Crippen molar-refractivity contribution < 1.29 is 32.8 Å². The van der Waals surface area contributed by atoms with Crippen molar-refractivity contribution in [3.05, 3.63) is 110 Å². The van der Waals surface area contributed by atoms with Crippen LogP contribution in [-0.2, 0) is 20.1 Å². The summed E-state index contributed by atoms with van der Waals surface area (Å²) in [6.07, 6.45) is -1.36. The Kier molecular flexibility index (Phi) is 8.53. The summed E-state index contributed by atoms with van der Waals surface area (Å²) in [6.45, 7) is 1.80. The van der Waals surface area contributed by atoms with Crippen molar-refractivity contribution in [2.75, 3.05) is 6.54 Å². The number of benzene rings is 2. The van der Waals surface area contributed by atoms with Crippen LogP contribution < -0.4 is 25.5 Å². The second-order valence-electron chi connectivity index (χ2n) is 10.6. The number of hydrogen-bond donors (Lipinski definition) is 2. The summed E-state index contributed by atoms with van der Waals surface area (Å²) >= 11 is 1.01. The number of hydrogen-bond acceptors (Lipinski definition) is 10. The molecule has 0 atom stereocenters. The second-order valence-corrected chi connectivity index (χ2v) is 11.6. The molecule has 2 amide bonds. The van der Waals surface area contributed by atoms with Gasteiger partial charge in [0.2, 0.25) is 11.8 Å². The monoisotopic (exact) mass is 677 g/mol. The third-order valence-corrected chi connectivity index (χ3v) is 8.48. The van der Waals surface area contributed by atoms with Gasteiger partial charge in [-0.15, -0.1) is 8.78 Å².